The Labute approximate surface area is 128 Å². The van der Waals surface area contributed by atoms with Gasteiger partial charge in [0, 0.05) is 18.5 Å². The molecule has 110 valence electrons. The Morgan fingerprint density at radius 3 is 2.48 bits per heavy atom. The van der Waals surface area contributed by atoms with E-state index in [0.29, 0.717) is 12.8 Å². The lowest BCUT2D eigenvalue weighted by atomic mass is 9.73. The number of carbonyl (C=O) groups is 1. The number of carboxylic acid groups (broad SMARTS) is 1. The van der Waals surface area contributed by atoms with Crippen molar-refractivity contribution in [2.45, 2.75) is 25.2 Å². The molecule has 0 aliphatic carbocycles. The Morgan fingerprint density at radius 2 is 1.95 bits per heavy atom. The minimum absolute atomic E-state index is 0.616. The van der Waals surface area contributed by atoms with Gasteiger partial charge in [-0.3, -0.25) is 4.79 Å². The summed E-state index contributed by atoms with van der Waals surface area (Å²) < 4.78 is 0. The van der Waals surface area contributed by atoms with Gasteiger partial charge < -0.3 is 10.0 Å². The van der Waals surface area contributed by atoms with Crippen LogP contribution in [0.2, 0.25) is 0 Å². The normalized spacial score (nSPS) is 17.7. The summed E-state index contributed by atoms with van der Waals surface area (Å²) in [4.78, 5) is 18.6. The molecule has 0 spiro atoms. The summed E-state index contributed by atoms with van der Waals surface area (Å²) in [5, 5.41) is 12.8. The molecule has 1 aliphatic heterocycles. The third-order valence-corrected chi connectivity index (χ3v) is 5.25. The lowest BCUT2D eigenvalue weighted by molar-refractivity contribution is -0.144. The smallest absolute Gasteiger partial charge is 0.314 e. The summed E-state index contributed by atoms with van der Waals surface area (Å²) >= 11 is 1.63. The molecule has 1 aromatic carbocycles. The van der Waals surface area contributed by atoms with Crippen LogP contribution < -0.4 is 4.90 Å². The molecule has 0 saturated carbocycles. The maximum Gasteiger partial charge on any atom is 0.314 e. The van der Waals surface area contributed by atoms with E-state index in [2.05, 4.69) is 9.88 Å². The number of aryl methyl sites for hydroxylation is 1. The second-order valence-electron chi connectivity index (χ2n) is 5.51. The van der Waals surface area contributed by atoms with E-state index >= 15 is 0 Å². The molecule has 0 unspecified atom stereocenters. The van der Waals surface area contributed by atoms with E-state index in [9.17, 15) is 9.90 Å². The van der Waals surface area contributed by atoms with E-state index in [1.807, 2.05) is 42.6 Å². The van der Waals surface area contributed by atoms with Crippen molar-refractivity contribution in [3.8, 4) is 0 Å². The van der Waals surface area contributed by atoms with Crippen molar-refractivity contribution in [2.75, 3.05) is 18.0 Å². The lowest BCUT2D eigenvalue weighted by Gasteiger charge is -2.39. The zero-order valence-electron chi connectivity index (χ0n) is 12.0. The van der Waals surface area contributed by atoms with Gasteiger partial charge in [-0.15, -0.1) is 11.3 Å². The molecule has 0 amide bonds. The highest BCUT2D eigenvalue weighted by Gasteiger charge is 2.43. The molecule has 1 N–H and O–H groups in total. The van der Waals surface area contributed by atoms with Crippen molar-refractivity contribution >= 4 is 22.4 Å². The Bertz CT molecular complexity index is 631. The van der Waals surface area contributed by atoms with Crippen LogP contribution in [0.5, 0.6) is 0 Å². The minimum atomic E-state index is -0.760. The SMILES string of the molecule is Cc1csc(N2CCC(C(=O)O)(c3ccccc3)CC2)n1. The molecule has 1 fully saturated rings. The molecule has 4 nitrogen and oxygen atoms in total. The molecule has 2 aromatic rings. The van der Waals surface area contributed by atoms with Gasteiger partial charge >= 0.3 is 5.97 Å². The van der Waals surface area contributed by atoms with Crippen molar-refractivity contribution in [3.05, 3.63) is 47.0 Å². The Kier molecular flexibility index (Phi) is 3.68. The number of rotatable bonds is 3. The summed E-state index contributed by atoms with van der Waals surface area (Å²) in [5.74, 6) is -0.719. The molecule has 21 heavy (non-hydrogen) atoms. The van der Waals surface area contributed by atoms with Gasteiger partial charge in [0.1, 0.15) is 0 Å². The van der Waals surface area contributed by atoms with Gasteiger partial charge in [-0.05, 0) is 25.3 Å². The molecule has 1 aliphatic rings. The molecule has 1 saturated heterocycles. The molecule has 0 bridgehead atoms. The van der Waals surface area contributed by atoms with Gasteiger partial charge in [0.2, 0.25) is 0 Å². The number of hydrogen-bond acceptors (Lipinski definition) is 4. The van der Waals surface area contributed by atoms with Crippen molar-refractivity contribution in [1.29, 1.82) is 0 Å². The zero-order chi connectivity index (χ0) is 14.9. The molecular formula is C16H18N2O2S. The highest BCUT2D eigenvalue weighted by molar-refractivity contribution is 7.13. The van der Waals surface area contributed by atoms with Crippen LogP contribution in [0.15, 0.2) is 35.7 Å². The molecule has 0 radical (unpaired) electrons. The summed E-state index contributed by atoms with van der Waals surface area (Å²) in [7, 11) is 0. The predicted octanol–water partition coefficient (Wildman–Crippen LogP) is 3.07. The predicted molar refractivity (Wildman–Crippen MR) is 84.1 cm³/mol. The number of carboxylic acids is 1. The van der Waals surface area contributed by atoms with E-state index in [1.54, 1.807) is 11.3 Å². The number of benzene rings is 1. The number of piperidine rings is 1. The maximum absolute atomic E-state index is 11.9. The van der Waals surface area contributed by atoms with Gasteiger partial charge in [0.15, 0.2) is 5.13 Å². The van der Waals surface area contributed by atoms with Gasteiger partial charge in [-0.2, -0.15) is 0 Å². The second-order valence-corrected chi connectivity index (χ2v) is 6.35. The van der Waals surface area contributed by atoms with Crippen LogP contribution in [-0.2, 0) is 10.2 Å². The van der Waals surface area contributed by atoms with Crippen molar-refractivity contribution in [1.82, 2.24) is 4.98 Å². The lowest BCUT2D eigenvalue weighted by Crippen LogP contribution is -2.47. The Morgan fingerprint density at radius 1 is 1.29 bits per heavy atom. The van der Waals surface area contributed by atoms with Crippen molar-refractivity contribution in [3.63, 3.8) is 0 Å². The third kappa shape index (κ3) is 2.53. The van der Waals surface area contributed by atoms with E-state index in [1.165, 1.54) is 0 Å². The third-order valence-electron chi connectivity index (χ3n) is 4.23. The number of anilines is 1. The van der Waals surface area contributed by atoms with Crippen LogP contribution in [0.4, 0.5) is 5.13 Å². The largest absolute Gasteiger partial charge is 0.481 e. The fourth-order valence-corrected chi connectivity index (χ4v) is 3.81. The first-order valence-corrected chi connectivity index (χ1v) is 7.96. The number of aliphatic carboxylic acids is 1. The molecule has 2 heterocycles. The van der Waals surface area contributed by atoms with Gasteiger partial charge in [-0.25, -0.2) is 4.98 Å². The number of nitrogens with zero attached hydrogens (tertiary/aromatic N) is 2. The van der Waals surface area contributed by atoms with Crippen LogP contribution in [0, 0.1) is 6.92 Å². The zero-order valence-corrected chi connectivity index (χ0v) is 12.8. The quantitative estimate of drug-likeness (QED) is 0.946. The van der Waals surface area contributed by atoms with E-state index in [-0.39, 0.29) is 0 Å². The summed E-state index contributed by atoms with van der Waals surface area (Å²) in [6.07, 6.45) is 1.23. The van der Waals surface area contributed by atoms with Crippen LogP contribution in [-0.4, -0.2) is 29.1 Å². The fourth-order valence-electron chi connectivity index (χ4n) is 2.95. The van der Waals surface area contributed by atoms with Crippen LogP contribution >= 0.6 is 11.3 Å². The molecule has 5 heteroatoms. The monoisotopic (exact) mass is 302 g/mol. The number of hydrogen-bond donors (Lipinski definition) is 1. The summed E-state index contributed by atoms with van der Waals surface area (Å²) in [6.45, 7) is 3.44. The molecule has 0 atom stereocenters. The first kappa shape index (κ1) is 14.1. The fraction of sp³-hybridized carbons (Fsp3) is 0.375. The van der Waals surface area contributed by atoms with Gasteiger partial charge in [0.05, 0.1) is 11.1 Å². The first-order valence-electron chi connectivity index (χ1n) is 7.08. The van der Waals surface area contributed by atoms with Crippen LogP contribution in [0.1, 0.15) is 24.1 Å². The highest BCUT2D eigenvalue weighted by atomic mass is 32.1. The second kappa shape index (κ2) is 5.48. The first-order chi connectivity index (χ1) is 10.1. The van der Waals surface area contributed by atoms with E-state index < -0.39 is 11.4 Å². The van der Waals surface area contributed by atoms with Crippen molar-refractivity contribution in [2.24, 2.45) is 0 Å². The topological polar surface area (TPSA) is 53.4 Å². The van der Waals surface area contributed by atoms with E-state index in [0.717, 1.165) is 29.5 Å². The Hall–Kier alpha value is -1.88. The minimum Gasteiger partial charge on any atom is -0.481 e. The molecule has 3 rings (SSSR count). The van der Waals surface area contributed by atoms with Crippen LogP contribution in [0.25, 0.3) is 0 Å². The van der Waals surface area contributed by atoms with Crippen LogP contribution in [0.3, 0.4) is 0 Å². The van der Waals surface area contributed by atoms with Gasteiger partial charge in [-0.1, -0.05) is 30.3 Å². The number of aromatic nitrogens is 1. The Balaban J connectivity index is 1.82. The molecule has 1 aromatic heterocycles. The summed E-state index contributed by atoms with van der Waals surface area (Å²) in [6, 6.07) is 9.61. The average molecular weight is 302 g/mol. The summed E-state index contributed by atoms with van der Waals surface area (Å²) in [5.41, 5.74) is 1.17. The standard InChI is InChI=1S/C16H18N2O2S/c1-12-11-21-15(17-12)18-9-7-16(8-10-18,14(19)20)13-5-3-2-4-6-13/h2-6,11H,7-10H2,1H3,(H,19,20). The average Bonchev–Trinajstić information content (AvgIpc) is 2.94. The highest BCUT2D eigenvalue weighted by Crippen LogP contribution is 2.37. The molecular weight excluding hydrogens is 284 g/mol. The number of thiazole rings is 1. The van der Waals surface area contributed by atoms with E-state index in [4.69, 9.17) is 0 Å². The van der Waals surface area contributed by atoms with Crippen molar-refractivity contribution < 1.29 is 9.90 Å². The maximum atomic E-state index is 11.9. The van der Waals surface area contributed by atoms with Gasteiger partial charge in [0.25, 0.3) is 0 Å².